The van der Waals surface area contributed by atoms with Crippen molar-refractivity contribution < 1.29 is 9.21 Å². The zero-order valence-corrected chi connectivity index (χ0v) is 15.4. The van der Waals surface area contributed by atoms with Crippen molar-refractivity contribution in [2.45, 2.75) is 6.92 Å². The van der Waals surface area contributed by atoms with E-state index in [1.807, 2.05) is 19.1 Å². The Morgan fingerprint density at radius 2 is 1.96 bits per heavy atom. The molecule has 24 heavy (non-hydrogen) atoms. The van der Waals surface area contributed by atoms with Crippen LogP contribution in [0.5, 0.6) is 0 Å². The van der Waals surface area contributed by atoms with Crippen LogP contribution in [0.4, 0.5) is 0 Å². The molecule has 1 aromatic carbocycles. The van der Waals surface area contributed by atoms with E-state index in [4.69, 9.17) is 39.8 Å². The number of carbonyl (C=O) groups excluding carboxylic acids is 1. The quantitative estimate of drug-likeness (QED) is 0.572. The first-order chi connectivity index (χ1) is 11.4. The lowest BCUT2D eigenvalue weighted by Crippen LogP contribution is -2.30. The maximum atomic E-state index is 12.4. The lowest BCUT2D eigenvalue weighted by Gasteiger charge is -2.13. The van der Waals surface area contributed by atoms with Gasteiger partial charge in [-0.25, -0.2) is 0 Å². The second-order valence-corrected chi connectivity index (χ2v) is 6.43. The second kappa shape index (κ2) is 6.59. The molecule has 0 spiro atoms. The molecule has 1 saturated heterocycles. The molecule has 0 N–H and O–H groups in total. The molecule has 1 aromatic heterocycles. The number of carbonyl (C=O) groups is 1. The predicted octanol–water partition coefficient (Wildman–Crippen LogP) is 4.67. The summed E-state index contributed by atoms with van der Waals surface area (Å²) < 4.78 is 5.81. The minimum Gasteiger partial charge on any atom is -0.457 e. The molecule has 0 saturated carbocycles. The van der Waals surface area contributed by atoms with E-state index in [0.29, 0.717) is 38.9 Å². The summed E-state index contributed by atoms with van der Waals surface area (Å²) in [7, 11) is 1.77. The fraction of sp³-hybridized carbons (Fsp3) is 0.176. The van der Waals surface area contributed by atoms with E-state index in [-0.39, 0.29) is 5.91 Å². The van der Waals surface area contributed by atoms with E-state index in [1.54, 1.807) is 41.1 Å². The molecule has 2 heterocycles. The van der Waals surface area contributed by atoms with Gasteiger partial charge >= 0.3 is 0 Å². The van der Waals surface area contributed by atoms with E-state index < -0.39 is 0 Å². The van der Waals surface area contributed by atoms with Gasteiger partial charge in [-0.3, -0.25) is 9.69 Å². The van der Waals surface area contributed by atoms with Crippen molar-refractivity contribution in [3.05, 3.63) is 51.8 Å². The third kappa shape index (κ3) is 2.95. The molecular weight excluding hydrogens is 367 g/mol. The van der Waals surface area contributed by atoms with Crippen molar-refractivity contribution in [1.29, 1.82) is 0 Å². The molecule has 1 aliphatic heterocycles. The minimum absolute atomic E-state index is 0.127. The Morgan fingerprint density at radius 3 is 2.58 bits per heavy atom. The van der Waals surface area contributed by atoms with E-state index in [2.05, 4.69) is 0 Å². The largest absolute Gasteiger partial charge is 0.457 e. The number of furan rings is 1. The minimum atomic E-state index is -0.127. The van der Waals surface area contributed by atoms with Crippen LogP contribution in [0, 0.1) is 0 Å². The highest BCUT2D eigenvalue weighted by Crippen LogP contribution is 2.30. The maximum absolute atomic E-state index is 12.4. The van der Waals surface area contributed by atoms with Gasteiger partial charge in [0.05, 0.1) is 10.0 Å². The van der Waals surface area contributed by atoms with E-state index in [1.165, 1.54) is 0 Å². The Bertz CT molecular complexity index is 860. The Hall–Kier alpha value is -1.82. The van der Waals surface area contributed by atoms with Crippen LogP contribution in [0.15, 0.2) is 40.4 Å². The summed E-state index contributed by atoms with van der Waals surface area (Å²) in [5.41, 5.74) is 1.29. The number of rotatable bonds is 3. The first kappa shape index (κ1) is 17.0. The van der Waals surface area contributed by atoms with E-state index >= 15 is 0 Å². The molecule has 0 radical (unpaired) electrons. The number of likely N-dealkylation sites (N-methyl/N-ethyl adjacent to an activating group) is 2. The highest BCUT2D eigenvalue weighted by atomic mass is 35.5. The molecule has 1 amide bonds. The number of amides is 1. The Kier molecular flexibility index (Phi) is 4.67. The smallest absolute Gasteiger partial charge is 0.276 e. The van der Waals surface area contributed by atoms with Crippen LogP contribution in [-0.4, -0.2) is 34.4 Å². The van der Waals surface area contributed by atoms with Gasteiger partial charge in [-0.05, 0) is 49.5 Å². The van der Waals surface area contributed by atoms with Crippen molar-refractivity contribution in [3.8, 4) is 11.3 Å². The average Bonchev–Trinajstić information content (AvgIpc) is 3.10. The molecule has 1 fully saturated rings. The molecule has 0 bridgehead atoms. The summed E-state index contributed by atoms with van der Waals surface area (Å²) in [5.74, 6) is 1.08. The normalized spacial score (nSPS) is 16.6. The van der Waals surface area contributed by atoms with Gasteiger partial charge in [0.25, 0.3) is 5.91 Å². The van der Waals surface area contributed by atoms with Gasteiger partial charge in [0.15, 0.2) is 5.11 Å². The van der Waals surface area contributed by atoms with Crippen molar-refractivity contribution in [2.75, 3.05) is 13.6 Å². The Labute approximate surface area is 155 Å². The molecule has 7 heteroatoms. The third-order valence-electron chi connectivity index (χ3n) is 3.77. The van der Waals surface area contributed by atoms with Gasteiger partial charge in [-0.2, -0.15) is 0 Å². The van der Waals surface area contributed by atoms with Gasteiger partial charge in [0, 0.05) is 25.2 Å². The monoisotopic (exact) mass is 380 g/mol. The first-order valence-electron chi connectivity index (χ1n) is 7.29. The molecule has 0 aliphatic carbocycles. The van der Waals surface area contributed by atoms with Gasteiger partial charge in [0.2, 0.25) is 0 Å². The van der Waals surface area contributed by atoms with Crippen LogP contribution in [-0.2, 0) is 4.79 Å². The number of nitrogens with zero attached hydrogens (tertiary/aromatic N) is 2. The third-order valence-corrected chi connectivity index (χ3v) is 5.00. The highest BCUT2D eigenvalue weighted by molar-refractivity contribution is 7.80. The van der Waals surface area contributed by atoms with Gasteiger partial charge in [-0.15, -0.1) is 0 Å². The zero-order valence-electron chi connectivity index (χ0n) is 13.0. The zero-order chi connectivity index (χ0) is 17.4. The average molecular weight is 381 g/mol. The van der Waals surface area contributed by atoms with Crippen LogP contribution in [0.2, 0.25) is 10.0 Å². The van der Waals surface area contributed by atoms with Crippen LogP contribution in [0.3, 0.4) is 0 Å². The predicted molar refractivity (Wildman–Crippen MR) is 99.9 cm³/mol. The van der Waals surface area contributed by atoms with Gasteiger partial charge in [0.1, 0.15) is 17.2 Å². The molecule has 1 aliphatic rings. The van der Waals surface area contributed by atoms with Crippen LogP contribution in [0.1, 0.15) is 12.7 Å². The van der Waals surface area contributed by atoms with Gasteiger partial charge < -0.3 is 9.32 Å². The Balaban J connectivity index is 1.92. The van der Waals surface area contributed by atoms with Crippen LogP contribution in [0.25, 0.3) is 17.4 Å². The number of benzene rings is 1. The molecule has 0 atom stereocenters. The maximum Gasteiger partial charge on any atom is 0.276 e. The summed E-state index contributed by atoms with van der Waals surface area (Å²) >= 11 is 17.2. The standard InChI is InChI=1S/C17H14Cl2N2O2S/c1-3-21-16(22)14(20(2)17(21)24)9-11-5-7-15(23-11)10-4-6-12(18)13(19)8-10/h4-9H,3H2,1-2H3/b14-9-. The number of hydrogen-bond acceptors (Lipinski definition) is 3. The van der Waals surface area contributed by atoms with E-state index in [0.717, 1.165) is 5.56 Å². The lowest BCUT2D eigenvalue weighted by atomic mass is 10.2. The topological polar surface area (TPSA) is 36.7 Å². The summed E-state index contributed by atoms with van der Waals surface area (Å²) in [6.45, 7) is 2.42. The van der Waals surface area contributed by atoms with Crippen molar-refractivity contribution >= 4 is 52.5 Å². The van der Waals surface area contributed by atoms with Crippen LogP contribution < -0.4 is 0 Å². The molecule has 4 nitrogen and oxygen atoms in total. The summed E-state index contributed by atoms with van der Waals surface area (Å²) in [5, 5.41) is 1.44. The number of thiocarbonyl (C=S) groups is 1. The Morgan fingerprint density at radius 1 is 1.21 bits per heavy atom. The summed E-state index contributed by atoms with van der Waals surface area (Å²) in [6.07, 6.45) is 1.69. The fourth-order valence-corrected chi connectivity index (χ4v) is 3.07. The highest BCUT2D eigenvalue weighted by Gasteiger charge is 2.34. The van der Waals surface area contributed by atoms with Crippen molar-refractivity contribution in [3.63, 3.8) is 0 Å². The van der Waals surface area contributed by atoms with E-state index in [9.17, 15) is 4.79 Å². The molecular formula is C17H14Cl2N2O2S. The van der Waals surface area contributed by atoms with Gasteiger partial charge in [-0.1, -0.05) is 23.2 Å². The summed E-state index contributed by atoms with van der Waals surface area (Å²) in [4.78, 5) is 15.6. The molecule has 0 unspecified atom stereocenters. The SMILES string of the molecule is CCN1C(=O)/C(=C/c2ccc(-c3ccc(Cl)c(Cl)c3)o2)N(C)C1=S. The molecule has 2 aromatic rings. The fourth-order valence-electron chi connectivity index (χ4n) is 2.46. The van der Waals surface area contributed by atoms with Crippen molar-refractivity contribution in [2.24, 2.45) is 0 Å². The lowest BCUT2D eigenvalue weighted by molar-refractivity contribution is -0.122. The van der Waals surface area contributed by atoms with Crippen molar-refractivity contribution in [1.82, 2.24) is 9.80 Å². The molecule has 124 valence electrons. The first-order valence-corrected chi connectivity index (χ1v) is 8.45. The second-order valence-electron chi connectivity index (χ2n) is 5.25. The number of halogens is 2. The van der Waals surface area contributed by atoms with Crippen LogP contribution >= 0.6 is 35.4 Å². The number of hydrogen-bond donors (Lipinski definition) is 0. The molecule has 3 rings (SSSR count). The summed E-state index contributed by atoms with van der Waals surface area (Å²) in [6, 6.07) is 8.89.